The summed E-state index contributed by atoms with van der Waals surface area (Å²) in [5, 5.41) is 11.1. The largest absolute Gasteiger partial charge is 0.416 e. The summed E-state index contributed by atoms with van der Waals surface area (Å²) in [6.07, 6.45) is -1.48. The first kappa shape index (κ1) is 35.2. The van der Waals surface area contributed by atoms with Crippen molar-refractivity contribution in [1.29, 1.82) is 0 Å². The zero-order chi connectivity index (χ0) is 33.1. The van der Waals surface area contributed by atoms with Crippen molar-refractivity contribution >= 4 is 35.3 Å². The van der Waals surface area contributed by atoms with Crippen LogP contribution in [0.5, 0.6) is 0 Å². The molecule has 0 aromatic heterocycles. The maximum atomic E-state index is 12.5. The number of amides is 6. The third kappa shape index (κ3) is 11.6. The molecule has 2 aliphatic rings. The summed E-state index contributed by atoms with van der Waals surface area (Å²) in [5.41, 5.74) is 1.47. The molecule has 4 rings (SSSR count). The van der Waals surface area contributed by atoms with E-state index in [2.05, 4.69) is 21.3 Å². The molecule has 13 heteroatoms. The minimum Gasteiger partial charge on any atom is -0.343 e. The second kappa shape index (κ2) is 16.1. The average molecular weight is 633 g/mol. The normalized spacial score (nSPS) is 15.9. The SMILES string of the molecule is CC(=O)N1CCC(NC(=O)Nc2ccc(C)cc2)CC1.CC(C)C(=O)N1CCC(NC(=O)Nc2ccc(C(F)(F)F)cc2)CC1. The van der Waals surface area contributed by atoms with Crippen molar-refractivity contribution in [3.05, 3.63) is 59.7 Å². The van der Waals surface area contributed by atoms with Crippen LogP contribution in [-0.2, 0) is 15.8 Å². The zero-order valence-electron chi connectivity index (χ0n) is 26.2. The number of hydrogen-bond acceptors (Lipinski definition) is 4. The fourth-order valence-electron chi connectivity index (χ4n) is 5.03. The van der Waals surface area contributed by atoms with Gasteiger partial charge in [0.25, 0.3) is 0 Å². The third-order valence-electron chi connectivity index (χ3n) is 7.69. The minimum atomic E-state index is -4.40. The fraction of sp³-hybridized carbons (Fsp3) is 0.500. The molecule has 2 heterocycles. The van der Waals surface area contributed by atoms with Gasteiger partial charge in [-0.1, -0.05) is 31.5 Å². The Hall–Kier alpha value is -4.29. The van der Waals surface area contributed by atoms with Gasteiger partial charge in [-0.3, -0.25) is 9.59 Å². The number of rotatable bonds is 5. The van der Waals surface area contributed by atoms with Crippen molar-refractivity contribution in [2.24, 2.45) is 5.92 Å². The Morgan fingerprint density at radius 3 is 1.49 bits per heavy atom. The molecule has 0 saturated carbocycles. The average Bonchev–Trinajstić information content (AvgIpc) is 2.98. The van der Waals surface area contributed by atoms with Gasteiger partial charge in [0.1, 0.15) is 0 Å². The molecule has 0 unspecified atom stereocenters. The number of hydrogen-bond donors (Lipinski definition) is 4. The molecule has 2 aromatic rings. The number of carbonyl (C=O) groups is 4. The number of carbonyl (C=O) groups excluding carboxylic acids is 4. The van der Waals surface area contributed by atoms with Crippen molar-refractivity contribution in [3.63, 3.8) is 0 Å². The Balaban J connectivity index is 0.000000251. The number of alkyl halides is 3. The summed E-state index contributed by atoms with van der Waals surface area (Å²) >= 11 is 0. The smallest absolute Gasteiger partial charge is 0.343 e. The Bertz CT molecular complexity index is 1290. The van der Waals surface area contributed by atoms with E-state index < -0.39 is 17.8 Å². The van der Waals surface area contributed by atoms with Crippen molar-refractivity contribution in [3.8, 4) is 0 Å². The molecule has 4 N–H and O–H groups in total. The maximum absolute atomic E-state index is 12.5. The van der Waals surface area contributed by atoms with Crippen LogP contribution in [0.15, 0.2) is 48.5 Å². The van der Waals surface area contributed by atoms with Crippen LogP contribution >= 0.6 is 0 Å². The molecule has 0 spiro atoms. The van der Waals surface area contributed by atoms with Gasteiger partial charge in [0.15, 0.2) is 0 Å². The molecule has 6 amide bonds. The van der Waals surface area contributed by atoms with Crippen LogP contribution in [0.2, 0.25) is 0 Å². The molecule has 45 heavy (non-hydrogen) atoms. The minimum absolute atomic E-state index is 0.0486. The van der Waals surface area contributed by atoms with Crippen molar-refractivity contribution in [2.75, 3.05) is 36.8 Å². The summed E-state index contributed by atoms with van der Waals surface area (Å²) in [4.78, 5) is 50.6. The Morgan fingerprint density at radius 2 is 1.11 bits per heavy atom. The lowest BCUT2D eigenvalue weighted by Gasteiger charge is -2.33. The lowest BCUT2D eigenvalue weighted by molar-refractivity contribution is -0.137. The van der Waals surface area contributed by atoms with E-state index in [1.54, 1.807) is 11.8 Å². The topological polar surface area (TPSA) is 123 Å². The molecule has 2 aromatic carbocycles. The number of aryl methyl sites for hydroxylation is 1. The molecule has 2 saturated heterocycles. The van der Waals surface area contributed by atoms with Gasteiger partial charge in [0.2, 0.25) is 11.8 Å². The van der Waals surface area contributed by atoms with Gasteiger partial charge in [-0.15, -0.1) is 0 Å². The summed E-state index contributed by atoms with van der Waals surface area (Å²) < 4.78 is 37.5. The number of likely N-dealkylation sites (tertiary alicyclic amines) is 2. The molecular weight excluding hydrogens is 589 g/mol. The number of urea groups is 2. The molecule has 0 radical (unpaired) electrons. The molecule has 0 atom stereocenters. The van der Waals surface area contributed by atoms with Crippen molar-refractivity contribution in [2.45, 2.75) is 71.6 Å². The van der Waals surface area contributed by atoms with Crippen molar-refractivity contribution in [1.82, 2.24) is 20.4 Å². The van der Waals surface area contributed by atoms with E-state index in [4.69, 9.17) is 0 Å². The molecule has 2 aliphatic heterocycles. The number of anilines is 2. The van der Waals surface area contributed by atoms with Crippen molar-refractivity contribution < 1.29 is 32.3 Å². The van der Waals surface area contributed by atoms with Gasteiger partial charge in [0.05, 0.1) is 5.56 Å². The highest BCUT2D eigenvalue weighted by molar-refractivity contribution is 5.90. The lowest BCUT2D eigenvalue weighted by atomic mass is 10.0. The molecule has 0 bridgehead atoms. The van der Waals surface area contributed by atoms with Crippen LogP contribution in [0.25, 0.3) is 0 Å². The summed E-state index contributed by atoms with van der Waals surface area (Å²) in [7, 11) is 0. The van der Waals surface area contributed by atoms with Gasteiger partial charge in [-0.25, -0.2) is 9.59 Å². The first-order valence-corrected chi connectivity index (χ1v) is 15.1. The molecule has 0 aliphatic carbocycles. The quantitative estimate of drug-likeness (QED) is 0.343. The molecule has 2 fully saturated rings. The number of nitrogens with one attached hydrogen (secondary N) is 4. The van der Waals surface area contributed by atoms with E-state index in [1.807, 2.05) is 49.9 Å². The summed E-state index contributed by atoms with van der Waals surface area (Å²) in [6.45, 7) is 9.89. The highest BCUT2D eigenvalue weighted by atomic mass is 19.4. The van der Waals surface area contributed by atoms with E-state index >= 15 is 0 Å². The van der Waals surface area contributed by atoms with Gasteiger partial charge in [0, 0.05) is 62.5 Å². The van der Waals surface area contributed by atoms with Gasteiger partial charge >= 0.3 is 18.2 Å². The lowest BCUT2D eigenvalue weighted by Crippen LogP contribution is -2.48. The standard InChI is InChI=1S/C17H22F3N3O2.C15H21N3O2/c1-11(2)15(24)23-9-7-14(8-10-23)22-16(25)21-13-5-3-12(4-6-13)17(18,19)20;1-11-3-5-13(6-4-11)16-15(20)17-14-7-9-18(10-8-14)12(2)19/h3-6,11,14H,7-10H2,1-2H3,(H2,21,22,25);3-6,14H,7-10H2,1-2H3,(H2,16,17,20). The zero-order valence-corrected chi connectivity index (χ0v) is 26.2. The molecular formula is C32H43F3N6O4. The molecule has 10 nitrogen and oxygen atoms in total. The number of halogens is 3. The van der Waals surface area contributed by atoms with Crippen LogP contribution in [0.3, 0.4) is 0 Å². The van der Waals surface area contributed by atoms with E-state index in [-0.39, 0.29) is 41.5 Å². The maximum Gasteiger partial charge on any atom is 0.416 e. The van der Waals surface area contributed by atoms with Crippen LogP contribution in [-0.4, -0.2) is 71.9 Å². The Morgan fingerprint density at radius 1 is 0.711 bits per heavy atom. The van der Waals surface area contributed by atoms with Crippen LogP contribution in [0, 0.1) is 12.8 Å². The van der Waals surface area contributed by atoms with Gasteiger partial charge in [-0.2, -0.15) is 13.2 Å². The number of piperidine rings is 2. The highest BCUT2D eigenvalue weighted by Crippen LogP contribution is 2.29. The third-order valence-corrected chi connectivity index (χ3v) is 7.69. The summed E-state index contributed by atoms with van der Waals surface area (Å²) in [6, 6.07) is 11.4. The molecule has 246 valence electrons. The fourth-order valence-corrected chi connectivity index (χ4v) is 5.03. The highest BCUT2D eigenvalue weighted by Gasteiger charge is 2.30. The van der Waals surface area contributed by atoms with E-state index in [0.29, 0.717) is 39.0 Å². The monoisotopic (exact) mass is 632 g/mol. The van der Waals surface area contributed by atoms with Crippen LogP contribution in [0.1, 0.15) is 57.6 Å². The second-order valence-corrected chi connectivity index (χ2v) is 11.7. The van der Waals surface area contributed by atoms with E-state index in [0.717, 1.165) is 36.2 Å². The second-order valence-electron chi connectivity index (χ2n) is 11.7. The number of nitrogens with zero attached hydrogens (tertiary/aromatic N) is 2. The van der Waals surface area contributed by atoms with E-state index in [1.165, 1.54) is 12.1 Å². The Labute approximate surface area is 262 Å². The summed E-state index contributed by atoms with van der Waals surface area (Å²) in [5.74, 6) is 0.160. The number of benzene rings is 2. The first-order chi connectivity index (χ1) is 21.2. The van der Waals surface area contributed by atoms with Crippen LogP contribution < -0.4 is 21.3 Å². The van der Waals surface area contributed by atoms with Gasteiger partial charge in [-0.05, 0) is 69.0 Å². The Kier molecular flexibility index (Phi) is 12.6. The van der Waals surface area contributed by atoms with Crippen LogP contribution in [0.4, 0.5) is 34.1 Å². The van der Waals surface area contributed by atoms with E-state index in [9.17, 15) is 32.3 Å². The predicted octanol–water partition coefficient (Wildman–Crippen LogP) is 5.60. The first-order valence-electron chi connectivity index (χ1n) is 15.1. The predicted molar refractivity (Wildman–Crippen MR) is 167 cm³/mol. The van der Waals surface area contributed by atoms with Gasteiger partial charge < -0.3 is 31.1 Å².